The van der Waals surface area contributed by atoms with Crippen LogP contribution in [-0.2, 0) is 15.7 Å². The van der Waals surface area contributed by atoms with Gasteiger partial charge in [-0.2, -0.15) is 0 Å². The molecule has 0 fully saturated rings. The van der Waals surface area contributed by atoms with Crippen LogP contribution in [0.1, 0.15) is 116 Å². The fourth-order valence-electron chi connectivity index (χ4n) is 3.72. The van der Waals surface area contributed by atoms with Gasteiger partial charge in [-0.1, -0.05) is 109 Å². The molecule has 0 aliphatic heterocycles. The molecule has 3 nitrogen and oxygen atoms in total. The molecule has 2 atom stereocenters. The number of aryl methyl sites for hydroxylation is 1. The first-order chi connectivity index (χ1) is 14.7. The van der Waals surface area contributed by atoms with Crippen molar-refractivity contribution in [2.24, 2.45) is 0 Å². The number of benzene rings is 1. The third kappa shape index (κ3) is 13.4. The van der Waals surface area contributed by atoms with Gasteiger partial charge in [-0.05, 0) is 37.0 Å². The SMILES string of the molecule is CCCCCCCCCCCCc1ccc(OC(=O)C(CCCCCC)OP)cc1. The summed E-state index contributed by atoms with van der Waals surface area (Å²) in [6.45, 7) is 4.45. The summed E-state index contributed by atoms with van der Waals surface area (Å²) in [5.41, 5.74) is 1.31. The van der Waals surface area contributed by atoms with Crippen molar-refractivity contribution in [1.82, 2.24) is 0 Å². The van der Waals surface area contributed by atoms with E-state index in [9.17, 15) is 4.79 Å². The number of carbonyl (C=O) groups is 1. The maximum Gasteiger partial charge on any atom is 0.340 e. The molecule has 30 heavy (non-hydrogen) atoms. The summed E-state index contributed by atoms with van der Waals surface area (Å²) in [5, 5.41) is 0. The molecule has 0 N–H and O–H groups in total. The van der Waals surface area contributed by atoms with E-state index in [2.05, 4.69) is 35.4 Å². The molecule has 2 unspecified atom stereocenters. The fraction of sp³-hybridized carbons (Fsp3) is 0.731. The van der Waals surface area contributed by atoms with Gasteiger partial charge in [0.15, 0.2) is 6.10 Å². The quantitative estimate of drug-likeness (QED) is 0.0948. The Bertz CT molecular complexity index is 530. The third-order valence-corrected chi connectivity index (χ3v) is 6.04. The Kier molecular flexibility index (Phi) is 17.0. The van der Waals surface area contributed by atoms with Gasteiger partial charge < -0.3 is 9.26 Å². The van der Waals surface area contributed by atoms with E-state index in [0.29, 0.717) is 12.2 Å². The van der Waals surface area contributed by atoms with Crippen molar-refractivity contribution < 1.29 is 14.1 Å². The molecule has 1 aromatic carbocycles. The number of rotatable bonds is 19. The van der Waals surface area contributed by atoms with Gasteiger partial charge in [0.1, 0.15) is 5.75 Å². The molecule has 1 rings (SSSR count). The second-order valence-electron chi connectivity index (χ2n) is 8.47. The fourth-order valence-corrected chi connectivity index (χ4v) is 3.97. The average molecular weight is 437 g/mol. The molecular weight excluding hydrogens is 391 g/mol. The minimum Gasteiger partial charge on any atom is -0.425 e. The largest absolute Gasteiger partial charge is 0.425 e. The Morgan fingerprint density at radius 2 is 1.27 bits per heavy atom. The summed E-state index contributed by atoms with van der Waals surface area (Å²) in [5.74, 6) is 0.302. The van der Waals surface area contributed by atoms with Gasteiger partial charge in [-0.25, -0.2) is 4.79 Å². The molecule has 0 saturated heterocycles. The van der Waals surface area contributed by atoms with E-state index >= 15 is 0 Å². The van der Waals surface area contributed by atoms with Gasteiger partial charge in [0.25, 0.3) is 0 Å². The highest BCUT2D eigenvalue weighted by Gasteiger charge is 2.19. The predicted octanol–water partition coefficient (Wildman–Crippen LogP) is 8.20. The van der Waals surface area contributed by atoms with Crippen LogP contribution in [0.3, 0.4) is 0 Å². The molecule has 0 spiro atoms. The predicted molar refractivity (Wildman–Crippen MR) is 131 cm³/mol. The van der Waals surface area contributed by atoms with E-state index in [0.717, 1.165) is 19.3 Å². The zero-order valence-electron chi connectivity index (χ0n) is 19.5. The van der Waals surface area contributed by atoms with Crippen LogP contribution in [0.5, 0.6) is 5.75 Å². The highest BCUT2D eigenvalue weighted by atomic mass is 31.0. The van der Waals surface area contributed by atoms with Crippen LogP contribution in [0.2, 0.25) is 0 Å². The molecule has 0 aromatic heterocycles. The van der Waals surface area contributed by atoms with Crippen molar-refractivity contribution in [2.45, 2.75) is 123 Å². The molecule has 1 aromatic rings. The molecule has 0 aliphatic carbocycles. The number of hydrogen-bond acceptors (Lipinski definition) is 3. The van der Waals surface area contributed by atoms with Crippen LogP contribution >= 0.6 is 9.47 Å². The highest BCUT2D eigenvalue weighted by Crippen LogP contribution is 2.18. The second kappa shape index (κ2) is 18.8. The molecular formula is C26H45O3P. The summed E-state index contributed by atoms with van der Waals surface area (Å²) >= 11 is 0. The lowest BCUT2D eigenvalue weighted by Crippen LogP contribution is -2.26. The Morgan fingerprint density at radius 3 is 1.80 bits per heavy atom. The molecule has 0 radical (unpaired) electrons. The number of carbonyl (C=O) groups excluding carboxylic acids is 1. The molecule has 4 heteroatoms. The summed E-state index contributed by atoms with van der Waals surface area (Å²) in [6, 6.07) is 7.96. The zero-order valence-corrected chi connectivity index (χ0v) is 20.7. The lowest BCUT2D eigenvalue weighted by molar-refractivity contribution is -0.142. The summed E-state index contributed by atoms with van der Waals surface area (Å²) in [7, 11) is 2.20. The molecule has 0 aliphatic rings. The highest BCUT2D eigenvalue weighted by molar-refractivity contribution is 7.09. The maximum atomic E-state index is 12.3. The zero-order chi connectivity index (χ0) is 21.9. The van der Waals surface area contributed by atoms with Crippen LogP contribution in [-0.4, -0.2) is 12.1 Å². The molecule has 0 saturated carbocycles. The van der Waals surface area contributed by atoms with E-state index in [1.54, 1.807) is 0 Å². The summed E-state index contributed by atoms with van der Waals surface area (Å²) in [4.78, 5) is 12.3. The van der Waals surface area contributed by atoms with Crippen molar-refractivity contribution >= 4 is 15.4 Å². The van der Waals surface area contributed by atoms with Crippen molar-refractivity contribution in [1.29, 1.82) is 0 Å². The minimum atomic E-state index is -0.502. The van der Waals surface area contributed by atoms with E-state index in [4.69, 9.17) is 9.26 Å². The standard InChI is InChI=1S/C26H45O3P/c1-3-5-7-9-10-11-12-13-14-15-17-23-19-21-24(22-20-23)28-26(27)25(29-30)18-16-8-6-4-2/h19-22,25H,3-18,30H2,1-2H3. The summed E-state index contributed by atoms with van der Waals surface area (Å²) < 4.78 is 10.8. The van der Waals surface area contributed by atoms with Crippen molar-refractivity contribution in [3.63, 3.8) is 0 Å². The Hall–Kier alpha value is -0.920. The minimum absolute atomic E-state index is 0.302. The van der Waals surface area contributed by atoms with Gasteiger partial charge in [-0.3, -0.25) is 0 Å². The number of hydrogen-bond donors (Lipinski definition) is 0. The average Bonchev–Trinajstić information content (AvgIpc) is 2.76. The van der Waals surface area contributed by atoms with Crippen LogP contribution in [0.15, 0.2) is 24.3 Å². The van der Waals surface area contributed by atoms with Crippen LogP contribution < -0.4 is 4.74 Å². The van der Waals surface area contributed by atoms with E-state index in [1.807, 2.05) is 12.1 Å². The lowest BCUT2D eigenvalue weighted by atomic mass is 10.0. The smallest absolute Gasteiger partial charge is 0.340 e. The van der Waals surface area contributed by atoms with E-state index in [-0.39, 0.29) is 5.97 Å². The number of ether oxygens (including phenoxy) is 1. The molecule has 0 amide bonds. The lowest BCUT2D eigenvalue weighted by Gasteiger charge is -2.14. The first-order valence-corrected chi connectivity index (χ1v) is 12.8. The van der Waals surface area contributed by atoms with Crippen molar-refractivity contribution in [3.05, 3.63) is 29.8 Å². The van der Waals surface area contributed by atoms with Crippen LogP contribution in [0.4, 0.5) is 0 Å². The summed E-state index contributed by atoms with van der Waals surface area (Å²) in [6.07, 6.45) is 19.4. The topological polar surface area (TPSA) is 35.5 Å². The first kappa shape index (κ1) is 27.1. The molecule has 172 valence electrons. The Balaban J connectivity index is 2.17. The second-order valence-corrected chi connectivity index (χ2v) is 8.74. The van der Waals surface area contributed by atoms with Gasteiger partial charge in [0.2, 0.25) is 0 Å². The van der Waals surface area contributed by atoms with Crippen molar-refractivity contribution in [2.75, 3.05) is 0 Å². The maximum absolute atomic E-state index is 12.3. The monoisotopic (exact) mass is 436 g/mol. The van der Waals surface area contributed by atoms with Gasteiger partial charge in [0, 0.05) is 9.47 Å². The van der Waals surface area contributed by atoms with Crippen LogP contribution in [0.25, 0.3) is 0 Å². The van der Waals surface area contributed by atoms with Crippen molar-refractivity contribution in [3.8, 4) is 5.75 Å². The van der Waals surface area contributed by atoms with E-state index in [1.165, 1.54) is 82.6 Å². The number of esters is 1. The molecule has 0 bridgehead atoms. The third-order valence-electron chi connectivity index (χ3n) is 5.71. The van der Waals surface area contributed by atoms with E-state index < -0.39 is 6.10 Å². The van der Waals surface area contributed by atoms with Gasteiger partial charge in [-0.15, -0.1) is 0 Å². The Morgan fingerprint density at radius 1 is 0.767 bits per heavy atom. The molecule has 0 heterocycles. The Labute approximate surface area is 188 Å². The normalized spacial score (nSPS) is 12.1. The number of unbranched alkanes of at least 4 members (excludes halogenated alkanes) is 12. The first-order valence-electron chi connectivity index (χ1n) is 12.4. The van der Waals surface area contributed by atoms with Gasteiger partial charge in [0.05, 0.1) is 0 Å². The van der Waals surface area contributed by atoms with Crippen LogP contribution in [0, 0.1) is 0 Å². The van der Waals surface area contributed by atoms with Gasteiger partial charge >= 0.3 is 5.97 Å².